The van der Waals surface area contributed by atoms with Crippen LogP contribution in [0.4, 0.5) is 19.0 Å². The van der Waals surface area contributed by atoms with Crippen molar-refractivity contribution in [3.8, 4) is 0 Å². The molecular weight excluding hydrogens is 289 g/mol. The number of carbonyl (C=O) groups is 1. The van der Waals surface area contributed by atoms with E-state index in [1.165, 1.54) is 6.26 Å². The van der Waals surface area contributed by atoms with Gasteiger partial charge in [0.25, 0.3) is 5.91 Å². The number of furan rings is 1. The van der Waals surface area contributed by atoms with Crippen LogP contribution in [0.2, 0.25) is 0 Å². The Balaban J connectivity index is 2.07. The molecule has 0 bridgehead atoms. The summed E-state index contributed by atoms with van der Waals surface area (Å²) in [6.07, 6.45) is -2.37. The lowest BCUT2D eigenvalue weighted by Crippen LogP contribution is -2.36. The lowest BCUT2D eigenvalue weighted by molar-refractivity contribution is -0.174. The van der Waals surface area contributed by atoms with Crippen LogP contribution in [-0.4, -0.2) is 21.9 Å². The lowest BCUT2D eigenvalue weighted by atomic mass is 10.0. The summed E-state index contributed by atoms with van der Waals surface area (Å²) in [5.74, 6) is -0.533. The quantitative estimate of drug-likeness (QED) is 0.890. The van der Waals surface area contributed by atoms with Crippen molar-refractivity contribution in [1.82, 2.24) is 9.78 Å². The van der Waals surface area contributed by atoms with Gasteiger partial charge in [-0.05, 0) is 12.1 Å². The van der Waals surface area contributed by atoms with Crippen molar-refractivity contribution < 1.29 is 22.4 Å². The third kappa shape index (κ3) is 2.24. The fourth-order valence-corrected chi connectivity index (χ4v) is 2.42. The number of rotatable bonds is 2. The summed E-state index contributed by atoms with van der Waals surface area (Å²) >= 11 is 0. The molecule has 3 heterocycles. The molecule has 3 rings (SSSR count). The molecule has 0 radical (unpaired) electrons. The minimum absolute atomic E-state index is 0.0440. The van der Waals surface area contributed by atoms with Gasteiger partial charge in [-0.2, -0.15) is 18.3 Å². The molecule has 6 nitrogen and oxygen atoms in total. The van der Waals surface area contributed by atoms with E-state index in [4.69, 9.17) is 10.2 Å². The van der Waals surface area contributed by atoms with Gasteiger partial charge >= 0.3 is 6.18 Å². The first kappa shape index (κ1) is 13.5. The first-order valence-electron chi connectivity index (χ1n) is 6.12. The Bertz CT molecular complexity index is 663. The highest BCUT2D eigenvalue weighted by Gasteiger charge is 2.47. The number of hydrogen-bond acceptors (Lipinski definition) is 4. The van der Waals surface area contributed by atoms with Gasteiger partial charge < -0.3 is 15.5 Å². The zero-order chi connectivity index (χ0) is 15.2. The molecule has 2 unspecified atom stereocenters. The number of amides is 1. The number of nitrogens with one attached hydrogen (secondary N) is 1. The predicted molar refractivity (Wildman–Crippen MR) is 65.5 cm³/mol. The number of fused-ring (bicyclic) bond motifs is 1. The minimum atomic E-state index is -4.50. The van der Waals surface area contributed by atoms with Crippen molar-refractivity contribution in [3.05, 3.63) is 35.9 Å². The number of carbonyl (C=O) groups excluding carboxylic acids is 1. The Morgan fingerprint density at radius 2 is 2.29 bits per heavy atom. The lowest BCUT2D eigenvalue weighted by Gasteiger charge is -2.32. The van der Waals surface area contributed by atoms with Crippen molar-refractivity contribution in [2.45, 2.75) is 24.7 Å². The molecule has 1 aliphatic rings. The third-order valence-electron chi connectivity index (χ3n) is 3.39. The third-order valence-corrected chi connectivity index (χ3v) is 3.39. The second-order valence-corrected chi connectivity index (χ2v) is 4.72. The topological polar surface area (TPSA) is 86.1 Å². The number of halogens is 3. The van der Waals surface area contributed by atoms with E-state index in [1.54, 1.807) is 12.1 Å². The Morgan fingerprint density at radius 1 is 1.52 bits per heavy atom. The van der Waals surface area contributed by atoms with Crippen LogP contribution in [0.3, 0.4) is 0 Å². The molecule has 0 aliphatic carbocycles. The zero-order valence-electron chi connectivity index (χ0n) is 10.6. The van der Waals surface area contributed by atoms with Gasteiger partial charge in [-0.1, -0.05) is 0 Å². The molecule has 0 saturated carbocycles. The molecule has 0 fully saturated rings. The summed E-state index contributed by atoms with van der Waals surface area (Å²) in [6.45, 7) is 0. The highest BCUT2D eigenvalue weighted by atomic mass is 19.4. The van der Waals surface area contributed by atoms with Crippen LogP contribution in [0.1, 0.15) is 34.6 Å². The van der Waals surface area contributed by atoms with E-state index in [0.29, 0.717) is 5.76 Å². The molecule has 3 N–H and O–H groups in total. The Morgan fingerprint density at radius 3 is 2.86 bits per heavy atom. The number of alkyl halides is 3. The molecule has 2 aromatic rings. The summed E-state index contributed by atoms with van der Waals surface area (Å²) in [7, 11) is 0. The van der Waals surface area contributed by atoms with Crippen molar-refractivity contribution in [2.24, 2.45) is 5.73 Å². The molecule has 21 heavy (non-hydrogen) atoms. The average molecular weight is 300 g/mol. The summed E-state index contributed by atoms with van der Waals surface area (Å²) < 4.78 is 45.5. The fraction of sp³-hybridized carbons (Fsp3) is 0.333. The van der Waals surface area contributed by atoms with Gasteiger partial charge in [0.15, 0.2) is 6.04 Å². The largest absolute Gasteiger partial charge is 0.467 e. The first-order chi connectivity index (χ1) is 9.88. The fourth-order valence-electron chi connectivity index (χ4n) is 2.42. The molecule has 0 spiro atoms. The van der Waals surface area contributed by atoms with E-state index < -0.39 is 24.2 Å². The molecule has 1 aliphatic heterocycles. The van der Waals surface area contributed by atoms with Gasteiger partial charge in [0.05, 0.1) is 18.5 Å². The normalized spacial score (nSPS) is 21.7. The van der Waals surface area contributed by atoms with Gasteiger partial charge in [0, 0.05) is 6.42 Å². The van der Waals surface area contributed by atoms with E-state index in [9.17, 15) is 18.0 Å². The predicted octanol–water partition coefficient (Wildman–Crippen LogP) is 2.24. The number of anilines is 1. The standard InChI is InChI=1S/C12H11F3N4O2/c13-12(14,15)9-4-7(8-2-1-3-21-8)18-11-6(10(16)20)5-17-19(9)11/h1-3,5,7,9,18H,4H2,(H2,16,20). The van der Waals surface area contributed by atoms with E-state index in [0.717, 1.165) is 10.9 Å². The van der Waals surface area contributed by atoms with Gasteiger partial charge in [-0.25, -0.2) is 4.68 Å². The Hall–Kier alpha value is -2.45. The van der Waals surface area contributed by atoms with Crippen molar-refractivity contribution in [1.29, 1.82) is 0 Å². The van der Waals surface area contributed by atoms with Crippen LogP contribution < -0.4 is 11.1 Å². The first-order valence-corrected chi connectivity index (χ1v) is 6.12. The van der Waals surface area contributed by atoms with Crippen LogP contribution in [0.15, 0.2) is 29.0 Å². The van der Waals surface area contributed by atoms with Crippen LogP contribution >= 0.6 is 0 Å². The number of hydrogen-bond donors (Lipinski definition) is 2. The second-order valence-electron chi connectivity index (χ2n) is 4.72. The Labute approximate surface area is 116 Å². The molecule has 112 valence electrons. The van der Waals surface area contributed by atoms with Crippen LogP contribution in [0.25, 0.3) is 0 Å². The van der Waals surface area contributed by atoms with Crippen molar-refractivity contribution in [3.63, 3.8) is 0 Å². The summed E-state index contributed by atoms with van der Waals surface area (Å²) in [6, 6.07) is 0.590. The molecule has 9 heteroatoms. The summed E-state index contributed by atoms with van der Waals surface area (Å²) in [4.78, 5) is 11.3. The maximum absolute atomic E-state index is 13.2. The molecule has 2 aromatic heterocycles. The minimum Gasteiger partial charge on any atom is -0.467 e. The van der Waals surface area contributed by atoms with E-state index in [1.807, 2.05) is 0 Å². The van der Waals surface area contributed by atoms with E-state index >= 15 is 0 Å². The number of aromatic nitrogens is 2. The van der Waals surface area contributed by atoms with Crippen molar-refractivity contribution in [2.75, 3.05) is 5.32 Å². The monoisotopic (exact) mass is 300 g/mol. The highest BCUT2D eigenvalue weighted by molar-refractivity contribution is 5.97. The number of nitrogens with two attached hydrogens (primary N) is 1. The Kier molecular flexibility index (Phi) is 2.92. The SMILES string of the molecule is NC(=O)c1cnn2c1NC(c1ccco1)CC2C(F)(F)F. The molecule has 1 amide bonds. The van der Waals surface area contributed by atoms with Crippen LogP contribution in [0, 0.1) is 0 Å². The number of nitrogens with zero attached hydrogens (tertiary/aromatic N) is 2. The molecule has 0 saturated heterocycles. The maximum Gasteiger partial charge on any atom is 0.410 e. The molecule has 0 aromatic carbocycles. The summed E-state index contributed by atoms with van der Waals surface area (Å²) in [5, 5.41) is 6.48. The maximum atomic E-state index is 13.2. The van der Waals surface area contributed by atoms with Crippen LogP contribution in [-0.2, 0) is 0 Å². The second kappa shape index (κ2) is 4.54. The summed E-state index contributed by atoms with van der Waals surface area (Å²) in [5.41, 5.74) is 5.08. The van der Waals surface area contributed by atoms with Gasteiger partial charge in [-0.15, -0.1) is 0 Å². The smallest absolute Gasteiger partial charge is 0.410 e. The van der Waals surface area contributed by atoms with Crippen LogP contribution in [0.5, 0.6) is 0 Å². The van der Waals surface area contributed by atoms with Crippen molar-refractivity contribution >= 4 is 11.7 Å². The number of primary amides is 1. The van der Waals surface area contributed by atoms with Gasteiger partial charge in [0.1, 0.15) is 17.1 Å². The van der Waals surface area contributed by atoms with E-state index in [-0.39, 0.29) is 17.8 Å². The van der Waals surface area contributed by atoms with Gasteiger partial charge in [0.2, 0.25) is 0 Å². The van der Waals surface area contributed by atoms with Gasteiger partial charge in [-0.3, -0.25) is 4.79 Å². The average Bonchev–Trinajstić information content (AvgIpc) is 3.05. The molecular formula is C12H11F3N4O2. The zero-order valence-corrected chi connectivity index (χ0v) is 10.6. The molecule has 2 atom stereocenters. The van der Waals surface area contributed by atoms with E-state index in [2.05, 4.69) is 10.4 Å². The highest BCUT2D eigenvalue weighted by Crippen LogP contribution is 2.44.